The Balaban J connectivity index is 1.91. The van der Waals surface area contributed by atoms with Crippen LogP contribution in [0.1, 0.15) is 50.1 Å². The normalized spacial score (nSPS) is 16.5. The van der Waals surface area contributed by atoms with Crippen molar-refractivity contribution < 1.29 is 9.90 Å². The quantitative estimate of drug-likeness (QED) is 0.812. The molecule has 1 aliphatic carbocycles. The Morgan fingerprint density at radius 1 is 1.32 bits per heavy atom. The molecule has 4 nitrogen and oxygen atoms in total. The summed E-state index contributed by atoms with van der Waals surface area (Å²) in [5.41, 5.74) is 1.10. The number of amides is 2. The van der Waals surface area contributed by atoms with E-state index in [1.54, 1.807) is 0 Å². The number of nitrogens with one attached hydrogen (secondary N) is 1. The number of hydrogen-bond acceptors (Lipinski definition) is 2. The standard InChI is InChI=1S/C18H28N2O2/c1-20(14-15-8-5-6-9-15)18(22)19-17(12-7-13-21)16-10-3-2-4-11-16/h2-4,10-11,15,17,21H,5-9,12-14H2,1H3,(H,19,22). The molecule has 0 aliphatic heterocycles. The van der Waals surface area contributed by atoms with Crippen molar-refractivity contribution in [1.82, 2.24) is 10.2 Å². The van der Waals surface area contributed by atoms with Gasteiger partial charge in [0, 0.05) is 20.2 Å². The molecule has 2 rings (SSSR count). The Morgan fingerprint density at radius 2 is 2.00 bits per heavy atom. The van der Waals surface area contributed by atoms with Crippen LogP contribution in [0.5, 0.6) is 0 Å². The molecule has 1 aromatic rings. The van der Waals surface area contributed by atoms with E-state index in [0.717, 1.165) is 18.5 Å². The second-order valence-corrected chi connectivity index (χ2v) is 6.31. The van der Waals surface area contributed by atoms with Gasteiger partial charge in [0.1, 0.15) is 0 Å². The first-order valence-corrected chi connectivity index (χ1v) is 8.38. The average molecular weight is 304 g/mol. The van der Waals surface area contributed by atoms with Gasteiger partial charge in [-0.05, 0) is 37.2 Å². The minimum Gasteiger partial charge on any atom is -0.396 e. The van der Waals surface area contributed by atoms with E-state index in [0.29, 0.717) is 12.3 Å². The number of aliphatic hydroxyl groups is 1. The van der Waals surface area contributed by atoms with Crippen LogP contribution in [0.3, 0.4) is 0 Å². The smallest absolute Gasteiger partial charge is 0.317 e. The van der Waals surface area contributed by atoms with Crippen LogP contribution in [0.25, 0.3) is 0 Å². The van der Waals surface area contributed by atoms with Crippen molar-refractivity contribution in [1.29, 1.82) is 0 Å². The lowest BCUT2D eigenvalue weighted by molar-refractivity contribution is 0.194. The highest BCUT2D eigenvalue weighted by Crippen LogP contribution is 2.25. The van der Waals surface area contributed by atoms with Gasteiger partial charge in [-0.25, -0.2) is 4.79 Å². The van der Waals surface area contributed by atoms with Gasteiger partial charge in [0.15, 0.2) is 0 Å². The molecule has 0 radical (unpaired) electrons. The summed E-state index contributed by atoms with van der Waals surface area (Å²) in [7, 11) is 1.88. The molecule has 0 spiro atoms. The third-order valence-electron chi connectivity index (χ3n) is 4.50. The number of hydrogen-bond donors (Lipinski definition) is 2. The first-order valence-electron chi connectivity index (χ1n) is 8.38. The molecule has 1 atom stereocenters. The van der Waals surface area contributed by atoms with Crippen LogP contribution in [0.2, 0.25) is 0 Å². The van der Waals surface area contributed by atoms with Crippen LogP contribution in [0, 0.1) is 5.92 Å². The van der Waals surface area contributed by atoms with Gasteiger partial charge >= 0.3 is 6.03 Å². The van der Waals surface area contributed by atoms with E-state index in [-0.39, 0.29) is 18.7 Å². The van der Waals surface area contributed by atoms with Gasteiger partial charge in [0.05, 0.1) is 6.04 Å². The van der Waals surface area contributed by atoms with Gasteiger partial charge < -0.3 is 15.3 Å². The number of benzene rings is 1. The van der Waals surface area contributed by atoms with Gasteiger partial charge in [0.2, 0.25) is 0 Å². The summed E-state index contributed by atoms with van der Waals surface area (Å²) < 4.78 is 0. The molecule has 1 unspecified atom stereocenters. The monoisotopic (exact) mass is 304 g/mol. The Bertz CT molecular complexity index is 444. The zero-order chi connectivity index (χ0) is 15.8. The second kappa shape index (κ2) is 8.79. The van der Waals surface area contributed by atoms with E-state index in [1.807, 2.05) is 42.3 Å². The topological polar surface area (TPSA) is 52.6 Å². The fraction of sp³-hybridized carbons (Fsp3) is 0.611. The zero-order valence-corrected chi connectivity index (χ0v) is 13.5. The maximum atomic E-state index is 12.4. The SMILES string of the molecule is CN(CC1CCCC1)C(=O)NC(CCCO)c1ccccc1. The first-order chi connectivity index (χ1) is 10.7. The third-order valence-corrected chi connectivity index (χ3v) is 4.50. The number of nitrogens with zero attached hydrogens (tertiary/aromatic N) is 1. The van der Waals surface area contributed by atoms with Crippen LogP contribution < -0.4 is 5.32 Å². The molecule has 0 saturated heterocycles. The Morgan fingerprint density at radius 3 is 2.64 bits per heavy atom. The Kier molecular flexibility index (Phi) is 6.72. The summed E-state index contributed by atoms with van der Waals surface area (Å²) in [5, 5.41) is 12.2. The maximum absolute atomic E-state index is 12.4. The van der Waals surface area contributed by atoms with Gasteiger partial charge in [-0.1, -0.05) is 43.2 Å². The Labute approximate surface area is 133 Å². The molecular formula is C18H28N2O2. The third kappa shape index (κ3) is 5.02. The second-order valence-electron chi connectivity index (χ2n) is 6.31. The molecule has 0 bridgehead atoms. The minimum absolute atomic E-state index is 0.0151. The lowest BCUT2D eigenvalue weighted by Crippen LogP contribution is -2.41. The summed E-state index contributed by atoms with van der Waals surface area (Å²) in [6.45, 7) is 0.991. The molecule has 4 heteroatoms. The predicted molar refractivity (Wildman–Crippen MR) is 88.6 cm³/mol. The summed E-state index contributed by atoms with van der Waals surface area (Å²) in [4.78, 5) is 14.2. The molecule has 22 heavy (non-hydrogen) atoms. The fourth-order valence-electron chi connectivity index (χ4n) is 3.23. The van der Waals surface area contributed by atoms with Gasteiger partial charge in [-0.2, -0.15) is 0 Å². The highest BCUT2D eigenvalue weighted by Gasteiger charge is 2.21. The largest absolute Gasteiger partial charge is 0.396 e. The van der Waals surface area contributed by atoms with Crippen molar-refractivity contribution in [2.24, 2.45) is 5.92 Å². The number of rotatable bonds is 7. The van der Waals surface area contributed by atoms with Crippen LogP contribution in [0.4, 0.5) is 4.79 Å². The van der Waals surface area contributed by atoms with E-state index in [1.165, 1.54) is 25.7 Å². The van der Waals surface area contributed by atoms with Crippen molar-refractivity contribution in [3.8, 4) is 0 Å². The lowest BCUT2D eigenvalue weighted by Gasteiger charge is -2.25. The van der Waals surface area contributed by atoms with Crippen LogP contribution in [-0.4, -0.2) is 36.2 Å². The van der Waals surface area contributed by atoms with Gasteiger partial charge in [-0.15, -0.1) is 0 Å². The van der Waals surface area contributed by atoms with Crippen molar-refractivity contribution >= 4 is 6.03 Å². The highest BCUT2D eigenvalue weighted by molar-refractivity contribution is 5.74. The predicted octanol–water partition coefficient (Wildman–Crippen LogP) is 3.33. The zero-order valence-electron chi connectivity index (χ0n) is 13.5. The summed E-state index contributed by atoms with van der Waals surface area (Å²) in [6.07, 6.45) is 6.51. The summed E-state index contributed by atoms with van der Waals surface area (Å²) in [6, 6.07) is 9.94. The van der Waals surface area contributed by atoms with Crippen molar-refractivity contribution in [2.75, 3.05) is 20.2 Å². The first kappa shape index (κ1) is 16.8. The number of carbonyl (C=O) groups excluding carboxylic acids is 1. The van der Waals surface area contributed by atoms with E-state index in [9.17, 15) is 4.79 Å². The highest BCUT2D eigenvalue weighted by atomic mass is 16.3. The van der Waals surface area contributed by atoms with Crippen molar-refractivity contribution in [2.45, 2.75) is 44.6 Å². The van der Waals surface area contributed by atoms with E-state index in [2.05, 4.69) is 5.32 Å². The van der Waals surface area contributed by atoms with Crippen LogP contribution >= 0.6 is 0 Å². The van der Waals surface area contributed by atoms with Crippen molar-refractivity contribution in [3.63, 3.8) is 0 Å². The summed E-state index contributed by atoms with van der Waals surface area (Å²) >= 11 is 0. The molecule has 0 heterocycles. The average Bonchev–Trinajstić information content (AvgIpc) is 3.05. The van der Waals surface area contributed by atoms with Crippen molar-refractivity contribution in [3.05, 3.63) is 35.9 Å². The van der Waals surface area contributed by atoms with E-state index < -0.39 is 0 Å². The Hall–Kier alpha value is -1.55. The maximum Gasteiger partial charge on any atom is 0.317 e. The summed E-state index contributed by atoms with van der Waals surface area (Å²) in [5.74, 6) is 0.656. The fourth-order valence-corrected chi connectivity index (χ4v) is 3.23. The van der Waals surface area contributed by atoms with E-state index in [4.69, 9.17) is 5.11 Å². The van der Waals surface area contributed by atoms with Gasteiger partial charge in [0.25, 0.3) is 0 Å². The lowest BCUT2D eigenvalue weighted by atomic mass is 10.0. The number of aliphatic hydroxyl groups excluding tert-OH is 1. The van der Waals surface area contributed by atoms with Gasteiger partial charge in [-0.3, -0.25) is 0 Å². The molecule has 2 N–H and O–H groups in total. The molecular weight excluding hydrogens is 276 g/mol. The van der Waals surface area contributed by atoms with Crippen LogP contribution in [-0.2, 0) is 0 Å². The minimum atomic E-state index is -0.0353. The molecule has 0 aromatic heterocycles. The molecule has 1 aliphatic rings. The molecule has 2 amide bonds. The van der Waals surface area contributed by atoms with Crippen LogP contribution in [0.15, 0.2) is 30.3 Å². The molecule has 1 fully saturated rings. The molecule has 1 aromatic carbocycles. The molecule has 122 valence electrons. The number of urea groups is 1. The van der Waals surface area contributed by atoms with E-state index >= 15 is 0 Å². The number of carbonyl (C=O) groups is 1. The molecule has 1 saturated carbocycles.